The minimum atomic E-state index is 0.0164. The lowest BCUT2D eigenvalue weighted by atomic mass is 9.96. The summed E-state index contributed by atoms with van der Waals surface area (Å²) in [5.41, 5.74) is 3.39. The Bertz CT molecular complexity index is 729. The molecule has 1 N–H and O–H groups in total. The van der Waals surface area contributed by atoms with Gasteiger partial charge in [0.1, 0.15) is 5.75 Å². The van der Waals surface area contributed by atoms with E-state index in [-0.39, 0.29) is 11.8 Å². The van der Waals surface area contributed by atoms with Crippen LogP contribution in [0, 0.1) is 12.8 Å². The van der Waals surface area contributed by atoms with Crippen molar-refractivity contribution in [3.63, 3.8) is 0 Å². The summed E-state index contributed by atoms with van der Waals surface area (Å²) < 4.78 is 5.32. The highest BCUT2D eigenvalue weighted by Crippen LogP contribution is 2.26. The number of rotatable bonds is 5. The van der Waals surface area contributed by atoms with Crippen LogP contribution < -0.4 is 10.1 Å². The lowest BCUT2D eigenvalue weighted by Crippen LogP contribution is -2.40. The molecule has 0 radical (unpaired) electrons. The first kappa shape index (κ1) is 17.5. The smallest absolute Gasteiger partial charge is 0.228 e. The van der Waals surface area contributed by atoms with Crippen LogP contribution in [0.25, 0.3) is 0 Å². The Morgan fingerprint density at radius 2 is 1.96 bits per heavy atom. The molecule has 1 atom stereocenters. The van der Waals surface area contributed by atoms with Gasteiger partial charge < -0.3 is 10.1 Å². The second-order valence-corrected chi connectivity index (χ2v) is 6.69. The summed E-state index contributed by atoms with van der Waals surface area (Å²) in [7, 11) is 1.62. The molecular formula is C21H26N2O2. The lowest BCUT2D eigenvalue weighted by Gasteiger charge is -2.32. The zero-order valence-corrected chi connectivity index (χ0v) is 15.0. The number of carbonyl (C=O) groups is 1. The van der Waals surface area contributed by atoms with E-state index < -0.39 is 0 Å². The van der Waals surface area contributed by atoms with Crippen LogP contribution in [0.1, 0.15) is 24.0 Å². The van der Waals surface area contributed by atoms with E-state index in [1.54, 1.807) is 7.11 Å². The molecule has 4 heteroatoms. The maximum Gasteiger partial charge on any atom is 0.228 e. The third-order valence-electron chi connectivity index (χ3n) is 4.90. The predicted octanol–water partition coefficient (Wildman–Crippen LogP) is 3.85. The molecule has 1 amide bonds. The number of piperidine rings is 1. The van der Waals surface area contributed by atoms with Crippen molar-refractivity contribution in [1.29, 1.82) is 0 Å². The van der Waals surface area contributed by atoms with Gasteiger partial charge in [-0.2, -0.15) is 0 Å². The van der Waals surface area contributed by atoms with Gasteiger partial charge in [0.2, 0.25) is 5.91 Å². The molecule has 1 aliphatic heterocycles. The van der Waals surface area contributed by atoms with Gasteiger partial charge in [0.15, 0.2) is 0 Å². The SMILES string of the molecule is COc1ccccc1NC(=O)C1CCCN(Cc2ccccc2C)C1. The average Bonchev–Trinajstić information content (AvgIpc) is 2.64. The number of methoxy groups -OCH3 is 1. The van der Waals surface area contributed by atoms with Gasteiger partial charge in [0.05, 0.1) is 18.7 Å². The number of ether oxygens (including phenoxy) is 1. The van der Waals surface area contributed by atoms with Gasteiger partial charge in [-0.05, 0) is 49.6 Å². The molecule has 2 aromatic carbocycles. The fraction of sp³-hybridized carbons (Fsp3) is 0.381. The van der Waals surface area contributed by atoms with E-state index >= 15 is 0 Å². The molecule has 132 valence electrons. The summed E-state index contributed by atoms with van der Waals surface area (Å²) >= 11 is 0. The van der Waals surface area contributed by atoms with Crippen molar-refractivity contribution in [3.05, 3.63) is 59.7 Å². The molecule has 1 fully saturated rings. The Balaban J connectivity index is 1.63. The summed E-state index contributed by atoms with van der Waals surface area (Å²) in [6, 6.07) is 16.0. The van der Waals surface area contributed by atoms with Crippen molar-refractivity contribution in [2.45, 2.75) is 26.3 Å². The first-order chi connectivity index (χ1) is 12.2. The van der Waals surface area contributed by atoms with Crippen molar-refractivity contribution < 1.29 is 9.53 Å². The van der Waals surface area contributed by atoms with E-state index in [0.717, 1.165) is 38.2 Å². The third-order valence-corrected chi connectivity index (χ3v) is 4.90. The van der Waals surface area contributed by atoms with E-state index in [1.165, 1.54) is 11.1 Å². The molecule has 0 aromatic heterocycles. The van der Waals surface area contributed by atoms with Gasteiger partial charge in [0.25, 0.3) is 0 Å². The Kier molecular flexibility index (Phi) is 5.71. The standard InChI is InChI=1S/C21H26N2O2/c1-16-8-3-4-9-17(16)14-23-13-7-10-18(15-23)21(24)22-19-11-5-6-12-20(19)25-2/h3-6,8-9,11-12,18H,7,10,13-15H2,1-2H3,(H,22,24). The van der Waals surface area contributed by atoms with Gasteiger partial charge in [-0.1, -0.05) is 36.4 Å². The molecule has 1 unspecified atom stereocenters. The summed E-state index contributed by atoms with van der Waals surface area (Å²) in [6.45, 7) is 4.90. The maximum absolute atomic E-state index is 12.7. The fourth-order valence-corrected chi connectivity index (χ4v) is 3.42. The van der Waals surface area contributed by atoms with Crippen LogP contribution >= 0.6 is 0 Å². The summed E-state index contributed by atoms with van der Waals surface area (Å²) in [5.74, 6) is 0.796. The zero-order chi connectivity index (χ0) is 17.6. The molecule has 1 saturated heterocycles. The Morgan fingerprint density at radius 1 is 1.20 bits per heavy atom. The fourth-order valence-electron chi connectivity index (χ4n) is 3.42. The topological polar surface area (TPSA) is 41.6 Å². The molecule has 0 bridgehead atoms. The Labute approximate surface area is 149 Å². The molecule has 25 heavy (non-hydrogen) atoms. The van der Waals surface area contributed by atoms with Crippen molar-refractivity contribution in [2.75, 3.05) is 25.5 Å². The maximum atomic E-state index is 12.7. The van der Waals surface area contributed by atoms with E-state index in [4.69, 9.17) is 4.74 Å². The number of para-hydroxylation sites is 2. The highest BCUT2D eigenvalue weighted by molar-refractivity contribution is 5.94. The normalized spacial score (nSPS) is 17.9. The van der Waals surface area contributed by atoms with Crippen LogP contribution in [0.15, 0.2) is 48.5 Å². The number of nitrogens with one attached hydrogen (secondary N) is 1. The van der Waals surface area contributed by atoms with E-state index in [2.05, 4.69) is 41.4 Å². The molecule has 1 aliphatic rings. The van der Waals surface area contributed by atoms with Crippen LogP contribution in [0.4, 0.5) is 5.69 Å². The van der Waals surface area contributed by atoms with E-state index in [0.29, 0.717) is 5.75 Å². The van der Waals surface area contributed by atoms with Crippen molar-refractivity contribution in [2.24, 2.45) is 5.92 Å². The van der Waals surface area contributed by atoms with Crippen LogP contribution in [-0.2, 0) is 11.3 Å². The number of hydrogen-bond donors (Lipinski definition) is 1. The summed E-state index contributed by atoms with van der Waals surface area (Å²) in [6.07, 6.45) is 1.99. The summed E-state index contributed by atoms with van der Waals surface area (Å²) in [4.78, 5) is 15.1. The third kappa shape index (κ3) is 4.40. The molecule has 2 aromatic rings. The van der Waals surface area contributed by atoms with Gasteiger partial charge in [0, 0.05) is 13.1 Å². The number of hydrogen-bond acceptors (Lipinski definition) is 3. The Hall–Kier alpha value is -2.33. The highest BCUT2D eigenvalue weighted by Gasteiger charge is 2.26. The second-order valence-electron chi connectivity index (χ2n) is 6.69. The minimum absolute atomic E-state index is 0.0164. The molecule has 0 spiro atoms. The quantitative estimate of drug-likeness (QED) is 0.900. The highest BCUT2D eigenvalue weighted by atomic mass is 16.5. The van der Waals surface area contributed by atoms with Gasteiger partial charge in [-0.25, -0.2) is 0 Å². The first-order valence-corrected chi connectivity index (χ1v) is 8.88. The van der Waals surface area contributed by atoms with Gasteiger partial charge in [-0.15, -0.1) is 0 Å². The predicted molar refractivity (Wildman–Crippen MR) is 101 cm³/mol. The number of nitrogens with zero attached hydrogens (tertiary/aromatic N) is 1. The van der Waals surface area contributed by atoms with Crippen molar-refractivity contribution in [1.82, 2.24) is 4.90 Å². The van der Waals surface area contributed by atoms with Crippen LogP contribution in [-0.4, -0.2) is 31.0 Å². The number of carbonyl (C=O) groups excluding carboxylic acids is 1. The molecule has 1 heterocycles. The average molecular weight is 338 g/mol. The number of aryl methyl sites for hydroxylation is 1. The van der Waals surface area contributed by atoms with Crippen LogP contribution in [0.2, 0.25) is 0 Å². The number of anilines is 1. The van der Waals surface area contributed by atoms with Crippen LogP contribution in [0.3, 0.4) is 0 Å². The number of amides is 1. The summed E-state index contributed by atoms with van der Waals surface area (Å²) in [5, 5.41) is 3.04. The van der Waals surface area contributed by atoms with E-state index in [1.807, 2.05) is 24.3 Å². The second kappa shape index (κ2) is 8.17. The zero-order valence-electron chi connectivity index (χ0n) is 15.0. The largest absolute Gasteiger partial charge is 0.495 e. The molecular weight excluding hydrogens is 312 g/mol. The minimum Gasteiger partial charge on any atom is -0.495 e. The van der Waals surface area contributed by atoms with Crippen molar-refractivity contribution >= 4 is 11.6 Å². The monoisotopic (exact) mass is 338 g/mol. The first-order valence-electron chi connectivity index (χ1n) is 8.88. The molecule has 0 aliphatic carbocycles. The van der Waals surface area contributed by atoms with Crippen molar-refractivity contribution in [3.8, 4) is 5.75 Å². The number of likely N-dealkylation sites (tertiary alicyclic amines) is 1. The van der Waals surface area contributed by atoms with E-state index in [9.17, 15) is 4.79 Å². The number of benzene rings is 2. The molecule has 3 rings (SSSR count). The van der Waals surface area contributed by atoms with Crippen LogP contribution in [0.5, 0.6) is 5.75 Å². The molecule has 0 saturated carbocycles. The van der Waals surface area contributed by atoms with Gasteiger partial charge >= 0.3 is 0 Å². The molecule has 4 nitrogen and oxygen atoms in total. The lowest BCUT2D eigenvalue weighted by molar-refractivity contribution is -0.121. The van der Waals surface area contributed by atoms with Gasteiger partial charge in [-0.3, -0.25) is 9.69 Å². The Morgan fingerprint density at radius 3 is 2.76 bits per heavy atom.